The van der Waals surface area contributed by atoms with Crippen molar-refractivity contribution in [1.82, 2.24) is 5.32 Å². The molecular weight excluding hydrogens is 719 g/mol. The molecule has 1 saturated heterocycles. The second-order valence-electron chi connectivity index (χ2n) is 16.9. The number of aliphatic hydroxyl groups is 5. The van der Waals surface area contributed by atoms with Gasteiger partial charge in [-0.25, -0.2) is 0 Å². The topological polar surface area (TPSA) is 149 Å². The first-order valence-corrected chi connectivity index (χ1v) is 24.1. The van der Waals surface area contributed by atoms with Gasteiger partial charge in [0.25, 0.3) is 0 Å². The molecule has 0 aromatic heterocycles. The number of ether oxygens (including phenoxy) is 2. The third kappa shape index (κ3) is 29.5. The average Bonchev–Trinajstić information content (AvgIpc) is 3.21. The summed E-state index contributed by atoms with van der Waals surface area (Å²) >= 11 is 0. The summed E-state index contributed by atoms with van der Waals surface area (Å²) in [5.41, 5.74) is 0. The van der Waals surface area contributed by atoms with Gasteiger partial charge in [0.15, 0.2) is 6.29 Å². The van der Waals surface area contributed by atoms with Gasteiger partial charge in [-0.05, 0) is 32.1 Å². The van der Waals surface area contributed by atoms with E-state index in [1.165, 1.54) is 161 Å². The van der Waals surface area contributed by atoms with E-state index in [0.29, 0.717) is 6.42 Å². The Labute approximate surface area is 349 Å². The monoisotopic (exact) mass is 810 g/mol. The number of aliphatic hydroxyl groups excluding tert-OH is 5. The molecule has 0 radical (unpaired) electrons. The molecule has 7 unspecified atom stereocenters. The fourth-order valence-corrected chi connectivity index (χ4v) is 7.64. The summed E-state index contributed by atoms with van der Waals surface area (Å²) in [6.45, 7) is 3.77. The van der Waals surface area contributed by atoms with Crippen LogP contribution in [0.4, 0.5) is 0 Å². The summed E-state index contributed by atoms with van der Waals surface area (Å²) in [5, 5.41) is 54.2. The fourth-order valence-electron chi connectivity index (χ4n) is 7.64. The van der Waals surface area contributed by atoms with Crippen molar-refractivity contribution in [2.24, 2.45) is 0 Å². The van der Waals surface area contributed by atoms with Gasteiger partial charge in [-0.2, -0.15) is 0 Å². The van der Waals surface area contributed by atoms with E-state index in [9.17, 15) is 30.3 Å². The van der Waals surface area contributed by atoms with E-state index >= 15 is 0 Å². The van der Waals surface area contributed by atoms with E-state index in [2.05, 4.69) is 31.3 Å². The second-order valence-corrected chi connectivity index (χ2v) is 16.9. The average molecular weight is 810 g/mol. The van der Waals surface area contributed by atoms with Crippen LogP contribution < -0.4 is 5.32 Å². The van der Waals surface area contributed by atoms with Crippen LogP contribution >= 0.6 is 0 Å². The molecule has 1 fully saturated rings. The summed E-state index contributed by atoms with van der Waals surface area (Å²) in [4.78, 5) is 13.0. The Hall–Kier alpha value is -1.33. The zero-order chi connectivity index (χ0) is 41.6. The molecule has 57 heavy (non-hydrogen) atoms. The molecule has 1 aliphatic heterocycles. The summed E-state index contributed by atoms with van der Waals surface area (Å²) in [5.74, 6) is -0.184. The molecule has 0 bridgehead atoms. The Morgan fingerprint density at radius 2 is 1.00 bits per heavy atom. The lowest BCUT2D eigenvalue weighted by molar-refractivity contribution is -0.302. The van der Waals surface area contributed by atoms with Crippen LogP contribution in [0.25, 0.3) is 0 Å². The minimum Gasteiger partial charge on any atom is -0.394 e. The van der Waals surface area contributed by atoms with Crippen molar-refractivity contribution in [2.45, 2.75) is 262 Å². The Bertz CT molecular complexity index is 945. The lowest BCUT2D eigenvalue weighted by Crippen LogP contribution is -2.60. The molecule has 336 valence electrons. The van der Waals surface area contributed by atoms with Crippen LogP contribution in [0.5, 0.6) is 0 Å². The maximum Gasteiger partial charge on any atom is 0.220 e. The predicted octanol–water partition coefficient (Wildman–Crippen LogP) is 10.3. The highest BCUT2D eigenvalue weighted by Gasteiger charge is 2.44. The number of unbranched alkanes of at least 4 members (excludes halogenated alkanes) is 28. The summed E-state index contributed by atoms with van der Waals surface area (Å²) in [7, 11) is 0. The SMILES string of the molecule is CCCCCCCCCCCCCC/C=C/CC/C=C/C(O)C(COC1OC(CO)C(O)C(O)C1O)NC(=O)CCCCCCCCCCCCCCCCCC. The number of hydrogen-bond donors (Lipinski definition) is 6. The van der Waals surface area contributed by atoms with Gasteiger partial charge < -0.3 is 40.3 Å². The molecule has 6 N–H and O–H groups in total. The first kappa shape index (κ1) is 53.7. The number of rotatable bonds is 40. The van der Waals surface area contributed by atoms with Crippen LogP contribution in [-0.4, -0.2) is 87.5 Å². The van der Waals surface area contributed by atoms with E-state index in [0.717, 1.165) is 38.5 Å². The number of nitrogens with one attached hydrogen (secondary N) is 1. The van der Waals surface area contributed by atoms with E-state index < -0.39 is 49.5 Å². The van der Waals surface area contributed by atoms with Crippen LogP contribution in [-0.2, 0) is 14.3 Å². The zero-order valence-corrected chi connectivity index (χ0v) is 36.9. The molecule has 1 rings (SSSR count). The maximum absolute atomic E-state index is 13.0. The molecule has 7 atom stereocenters. The Balaban J connectivity index is 2.36. The van der Waals surface area contributed by atoms with E-state index in [1.807, 2.05) is 6.08 Å². The van der Waals surface area contributed by atoms with E-state index in [1.54, 1.807) is 6.08 Å². The first-order chi connectivity index (χ1) is 27.8. The van der Waals surface area contributed by atoms with Gasteiger partial charge in [0.1, 0.15) is 24.4 Å². The van der Waals surface area contributed by atoms with Crippen molar-refractivity contribution in [3.05, 3.63) is 24.3 Å². The lowest BCUT2D eigenvalue weighted by atomic mass is 9.99. The normalized spacial score (nSPS) is 21.1. The smallest absolute Gasteiger partial charge is 0.220 e. The highest BCUT2D eigenvalue weighted by atomic mass is 16.7. The van der Waals surface area contributed by atoms with Crippen LogP contribution in [0.1, 0.15) is 219 Å². The van der Waals surface area contributed by atoms with Crippen LogP contribution in [0.2, 0.25) is 0 Å². The molecule has 1 aliphatic rings. The number of carbonyl (C=O) groups is 1. The molecule has 0 saturated carbocycles. The summed E-state index contributed by atoms with van der Waals surface area (Å²) in [6.07, 6.45) is 39.4. The molecule has 0 aromatic rings. The van der Waals surface area contributed by atoms with Crippen molar-refractivity contribution in [1.29, 1.82) is 0 Å². The van der Waals surface area contributed by atoms with Gasteiger partial charge in [0.2, 0.25) is 5.91 Å². The molecule has 9 heteroatoms. The van der Waals surface area contributed by atoms with Gasteiger partial charge in [-0.3, -0.25) is 4.79 Å². The largest absolute Gasteiger partial charge is 0.394 e. The predicted molar refractivity (Wildman–Crippen MR) is 235 cm³/mol. The number of amides is 1. The Kier molecular flexibility index (Phi) is 36.6. The van der Waals surface area contributed by atoms with Crippen molar-refractivity contribution in [2.75, 3.05) is 13.2 Å². The molecule has 9 nitrogen and oxygen atoms in total. The standard InChI is InChI=1S/C48H91NO8/c1-3-5-7-9-11-13-15-17-19-21-22-23-25-27-29-31-33-35-37-42(51)41(40-56-48-47(55)46(54)45(53)43(39-50)57-48)49-44(52)38-36-34-32-30-28-26-24-20-18-16-14-12-10-8-6-4-2/h27,29,35,37,41-43,45-48,50-51,53-55H,3-26,28,30-34,36,38-40H2,1-2H3,(H,49,52)/b29-27+,37-35+. The molecule has 0 aliphatic carbocycles. The van der Waals surface area contributed by atoms with Crippen LogP contribution in [0.3, 0.4) is 0 Å². The first-order valence-electron chi connectivity index (χ1n) is 24.1. The van der Waals surface area contributed by atoms with E-state index in [-0.39, 0.29) is 12.5 Å². The van der Waals surface area contributed by atoms with Gasteiger partial charge >= 0.3 is 0 Å². The minimum atomic E-state index is -1.57. The summed E-state index contributed by atoms with van der Waals surface area (Å²) in [6, 6.07) is -0.816. The lowest BCUT2D eigenvalue weighted by Gasteiger charge is -2.40. The van der Waals surface area contributed by atoms with Gasteiger partial charge in [-0.1, -0.05) is 205 Å². The molecule has 0 aromatic carbocycles. The quantitative estimate of drug-likeness (QED) is 0.0265. The van der Waals surface area contributed by atoms with Crippen LogP contribution in [0.15, 0.2) is 24.3 Å². The third-order valence-electron chi connectivity index (χ3n) is 11.5. The fraction of sp³-hybridized carbons (Fsp3) is 0.896. The van der Waals surface area contributed by atoms with Crippen molar-refractivity contribution in [3.8, 4) is 0 Å². The van der Waals surface area contributed by atoms with Gasteiger partial charge in [0, 0.05) is 6.42 Å². The highest BCUT2D eigenvalue weighted by Crippen LogP contribution is 2.23. The summed E-state index contributed by atoms with van der Waals surface area (Å²) < 4.78 is 11.2. The van der Waals surface area contributed by atoms with Crippen LogP contribution in [0, 0.1) is 0 Å². The number of carbonyl (C=O) groups excluding carboxylic acids is 1. The molecule has 1 heterocycles. The number of hydrogen-bond acceptors (Lipinski definition) is 8. The van der Waals surface area contributed by atoms with Crippen molar-refractivity contribution in [3.63, 3.8) is 0 Å². The molecule has 1 amide bonds. The van der Waals surface area contributed by atoms with Crippen molar-refractivity contribution < 1.29 is 39.8 Å². The highest BCUT2D eigenvalue weighted by molar-refractivity contribution is 5.76. The maximum atomic E-state index is 13.0. The van der Waals surface area contributed by atoms with Gasteiger partial charge in [-0.15, -0.1) is 0 Å². The Morgan fingerprint density at radius 1 is 0.579 bits per heavy atom. The number of allylic oxidation sites excluding steroid dienone is 3. The van der Waals surface area contributed by atoms with Gasteiger partial charge in [0.05, 0.1) is 25.4 Å². The van der Waals surface area contributed by atoms with E-state index in [4.69, 9.17) is 9.47 Å². The Morgan fingerprint density at radius 3 is 1.47 bits per heavy atom. The second kappa shape index (κ2) is 38.8. The third-order valence-corrected chi connectivity index (χ3v) is 11.5. The van der Waals surface area contributed by atoms with Crippen molar-refractivity contribution >= 4 is 5.91 Å². The zero-order valence-electron chi connectivity index (χ0n) is 36.9. The molecular formula is C48H91NO8. The minimum absolute atomic E-state index is 0.184. The molecule has 0 spiro atoms.